The summed E-state index contributed by atoms with van der Waals surface area (Å²) in [5, 5.41) is 24.5. The molecule has 0 bridgehead atoms. The number of nitriles is 1. The molecule has 1 saturated carbocycles. The number of rotatable bonds is 5. The van der Waals surface area contributed by atoms with Gasteiger partial charge in [0.15, 0.2) is 5.69 Å². The Hall–Kier alpha value is -3.74. The quantitative estimate of drug-likeness (QED) is 0.630. The number of carbonyl (C=O) groups excluding carboxylic acids is 3. The van der Waals surface area contributed by atoms with Crippen molar-refractivity contribution in [2.24, 2.45) is 5.92 Å². The molecule has 0 spiro atoms. The fourth-order valence-electron chi connectivity index (χ4n) is 3.11. The predicted octanol–water partition coefficient (Wildman–Crippen LogP) is -0.143. The van der Waals surface area contributed by atoms with Crippen LogP contribution in [0.3, 0.4) is 0 Å². The van der Waals surface area contributed by atoms with Crippen molar-refractivity contribution in [3.8, 4) is 11.8 Å². The van der Waals surface area contributed by atoms with E-state index in [4.69, 9.17) is 5.26 Å². The number of nitrogens with one attached hydrogen (secondary N) is 3. The molecular formula is C17H15N7O3. The van der Waals surface area contributed by atoms with E-state index in [2.05, 4.69) is 26.1 Å². The molecule has 2 heterocycles. The third-order valence-corrected chi connectivity index (χ3v) is 4.72. The fourth-order valence-corrected chi connectivity index (χ4v) is 3.11. The fraction of sp³-hybridized carbons (Fsp3) is 0.294. The first-order valence-electron chi connectivity index (χ1n) is 8.36. The minimum absolute atomic E-state index is 0.0126. The Bertz CT molecular complexity index is 971. The Morgan fingerprint density at radius 2 is 2.07 bits per heavy atom. The monoisotopic (exact) mass is 365 g/mol. The van der Waals surface area contributed by atoms with Crippen LogP contribution < -0.4 is 16.0 Å². The van der Waals surface area contributed by atoms with Gasteiger partial charge in [-0.05, 0) is 43.0 Å². The van der Waals surface area contributed by atoms with Gasteiger partial charge in [0.25, 0.3) is 11.8 Å². The number of imide groups is 1. The number of carbonyl (C=O) groups is 3. The smallest absolute Gasteiger partial charge is 0.322 e. The second kappa shape index (κ2) is 6.21. The highest BCUT2D eigenvalue weighted by Crippen LogP contribution is 2.41. The van der Waals surface area contributed by atoms with Crippen LogP contribution >= 0.6 is 0 Å². The maximum absolute atomic E-state index is 12.4. The van der Waals surface area contributed by atoms with Gasteiger partial charge >= 0.3 is 6.03 Å². The van der Waals surface area contributed by atoms with Crippen LogP contribution in [0.4, 0.5) is 4.79 Å². The van der Waals surface area contributed by atoms with E-state index in [-0.39, 0.29) is 18.2 Å². The van der Waals surface area contributed by atoms with Gasteiger partial charge in [0, 0.05) is 0 Å². The van der Waals surface area contributed by atoms with Crippen molar-refractivity contribution in [3.63, 3.8) is 0 Å². The van der Waals surface area contributed by atoms with Crippen molar-refractivity contribution < 1.29 is 14.4 Å². The Morgan fingerprint density at radius 1 is 1.33 bits per heavy atom. The van der Waals surface area contributed by atoms with Crippen molar-refractivity contribution in [2.45, 2.75) is 18.4 Å². The number of amides is 4. The molecule has 0 radical (unpaired) electrons. The lowest BCUT2D eigenvalue weighted by Crippen LogP contribution is -2.57. The zero-order chi connectivity index (χ0) is 19.0. The molecular weight excluding hydrogens is 350 g/mol. The van der Waals surface area contributed by atoms with E-state index in [0.29, 0.717) is 11.3 Å². The van der Waals surface area contributed by atoms with E-state index in [0.717, 1.165) is 12.8 Å². The molecule has 2 aromatic rings. The van der Waals surface area contributed by atoms with Gasteiger partial charge in [0.2, 0.25) is 0 Å². The number of benzene rings is 1. The first kappa shape index (κ1) is 16.7. The molecule has 4 amide bonds. The van der Waals surface area contributed by atoms with Crippen LogP contribution in [-0.4, -0.2) is 44.9 Å². The maximum Gasteiger partial charge on any atom is 0.322 e. The third kappa shape index (κ3) is 2.99. The van der Waals surface area contributed by atoms with Crippen LogP contribution in [0.25, 0.3) is 5.69 Å². The summed E-state index contributed by atoms with van der Waals surface area (Å²) in [4.78, 5) is 37.4. The van der Waals surface area contributed by atoms with Gasteiger partial charge in [0.05, 0.1) is 30.1 Å². The van der Waals surface area contributed by atoms with Crippen LogP contribution in [0, 0.1) is 17.2 Å². The molecule has 10 heteroatoms. The van der Waals surface area contributed by atoms with Crippen LogP contribution in [0.15, 0.2) is 30.5 Å². The Balaban J connectivity index is 1.46. The van der Waals surface area contributed by atoms with Crippen molar-refractivity contribution >= 4 is 17.8 Å². The summed E-state index contributed by atoms with van der Waals surface area (Å²) in [7, 11) is 0. The normalized spacial score (nSPS) is 21.3. The van der Waals surface area contributed by atoms with Crippen molar-refractivity contribution in [1.82, 2.24) is 30.9 Å². The van der Waals surface area contributed by atoms with Crippen LogP contribution in [0.2, 0.25) is 0 Å². The predicted molar refractivity (Wildman–Crippen MR) is 90.5 cm³/mol. The van der Waals surface area contributed by atoms with E-state index >= 15 is 0 Å². The SMILES string of the molecule is N#Cc1ccc(-n2ncc(C(=O)NC[C@@]3(C4CC4)NC(=O)NC3=O)n2)cc1. The van der Waals surface area contributed by atoms with Crippen molar-refractivity contribution in [1.29, 1.82) is 5.26 Å². The van der Waals surface area contributed by atoms with Crippen LogP contribution in [-0.2, 0) is 4.79 Å². The molecule has 2 fully saturated rings. The van der Waals surface area contributed by atoms with E-state index in [1.54, 1.807) is 24.3 Å². The third-order valence-electron chi connectivity index (χ3n) is 4.72. The molecule has 27 heavy (non-hydrogen) atoms. The molecule has 1 saturated heterocycles. The molecule has 1 aromatic carbocycles. The molecule has 0 unspecified atom stereocenters. The van der Waals surface area contributed by atoms with Crippen LogP contribution in [0.1, 0.15) is 28.9 Å². The molecule has 1 aromatic heterocycles. The van der Waals surface area contributed by atoms with Gasteiger partial charge in [0.1, 0.15) is 5.54 Å². The summed E-state index contributed by atoms with van der Waals surface area (Å²) >= 11 is 0. The summed E-state index contributed by atoms with van der Waals surface area (Å²) in [6.07, 6.45) is 2.95. The zero-order valence-electron chi connectivity index (χ0n) is 14.1. The lowest BCUT2D eigenvalue weighted by molar-refractivity contribution is -0.124. The highest BCUT2D eigenvalue weighted by atomic mass is 16.2. The van der Waals surface area contributed by atoms with Gasteiger partial charge < -0.3 is 10.6 Å². The van der Waals surface area contributed by atoms with Crippen LogP contribution in [0.5, 0.6) is 0 Å². The van der Waals surface area contributed by atoms with Gasteiger partial charge in [-0.3, -0.25) is 14.9 Å². The van der Waals surface area contributed by atoms with Gasteiger partial charge in [-0.15, -0.1) is 5.10 Å². The summed E-state index contributed by atoms with van der Waals surface area (Å²) in [6, 6.07) is 8.06. The second-order valence-corrected chi connectivity index (χ2v) is 6.51. The maximum atomic E-state index is 12.4. The number of nitrogens with zero attached hydrogens (tertiary/aromatic N) is 4. The second-order valence-electron chi connectivity index (χ2n) is 6.51. The first-order valence-corrected chi connectivity index (χ1v) is 8.36. The largest absolute Gasteiger partial charge is 0.348 e. The molecule has 10 nitrogen and oxygen atoms in total. The Labute approximate surface area is 153 Å². The summed E-state index contributed by atoms with van der Waals surface area (Å²) in [6.45, 7) is -0.0161. The number of aromatic nitrogens is 3. The first-order chi connectivity index (χ1) is 13.0. The standard InChI is InChI=1S/C17H15N7O3/c18-7-10-1-5-12(6-2-10)24-20-8-13(23-24)14(25)19-9-17(11-3-4-11)15(26)21-16(27)22-17/h1-2,5-6,8,11H,3-4,9H2,(H,19,25)(H2,21,22,26,27)/t17-/m0/s1. The molecule has 2 aliphatic rings. The lowest BCUT2D eigenvalue weighted by Gasteiger charge is -2.25. The Kier molecular flexibility index (Phi) is 3.84. The molecule has 1 aliphatic heterocycles. The van der Waals surface area contributed by atoms with Crippen molar-refractivity contribution in [3.05, 3.63) is 41.7 Å². The zero-order valence-corrected chi connectivity index (χ0v) is 14.1. The minimum Gasteiger partial charge on any atom is -0.348 e. The van der Waals surface area contributed by atoms with Gasteiger partial charge in [-0.1, -0.05) is 0 Å². The lowest BCUT2D eigenvalue weighted by atomic mass is 9.93. The average Bonchev–Trinajstić information content (AvgIpc) is 3.33. The van der Waals surface area contributed by atoms with Crippen molar-refractivity contribution in [2.75, 3.05) is 6.54 Å². The summed E-state index contributed by atoms with van der Waals surface area (Å²) in [5.74, 6) is -0.904. The number of hydrogen-bond acceptors (Lipinski definition) is 6. The molecule has 3 N–H and O–H groups in total. The Morgan fingerprint density at radius 3 is 2.67 bits per heavy atom. The summed E-state index contributed by atoms with van der Waals surface area (Å²) in [5.41, 5.74) is 0.0849. The van der Waals surface area contributed by atoms with Gasteiger partial charge in [-0.2, -0.15) is 15.2 Å². The average molecular weight is 365 g/mol. The van der Waals surface area contributed by atoms with E-state index in [1.807, 2.05) is 6.07 Å². The van der Waals surface area contributed by atoms with E-state index < -0.39 is 23.4 Å². The van der Waals surface area contributed by atoms with E-state index in [1.165, 1.54) is 11.0 Å². The topological polar surface area (TPSA) is 142 Å². The van der Waals surface area contributed by atoms with Gasteiger partial charge in [-0.25, -0.2) is 4.79 Å². The van der Waals surface area contributed by atoms with E-state index in [9.17, 15) is 14.4 Å². The summed E-state index contributed by atoms with van der Waals surface area (Å²) < 4.78 is 0. The number of hydrogen-bond donors (Lipinski definition) is 3. The molecule has 1 atom stereocenters. The molecule has 4 rings (SSSR count). The highest BCUT2D eigenvalue weighted by Gasteiger charge is 2.56. The molecule has 1 aliphatic carbocycles. The highest BCUT2D eigenvalue weighted by molar-refractivity contribution is 6.08. The molecule has 136 valence electrons. The number of urea groups is 1. The minimum atomic E-state index is -1.10.